The van der Waals surface area contributed by atoms with Gasteiger partial charge in [-0.1, -0.05) is 0 Å². The summed E-state index contributed by atoms with van der Waals surface area (Å²) in [6.07, 6.45) is 0. The predicted molar refractivity (Wildman–Crippen MR) is 47.4 cm³/mol. The Kier molecular flexibility index (Phi) is 2.64. The second-order valence-electron chi connectivity index (χ2n) is 2.56. The summed E-state index contributed by atoms with van der Waals surface area (Å²) in [5, 5.41) is 11.3. The predicted octanol–water partition coefficient (Wildman–Crippen LogP) is 0.920. The molecule has 0 saturated carbocycles. The van der Waals surface area contributed by atoms with Crippen molar-refractivity contribution >= 4 is 17.4 Å². The van der Waals surface area contributed by atoms with Crippen LogP contribution in [0.4, 0.5) is 5.69 Å². The molecule has 2 N–H and O–H groups in total. The molecule has 13 heavy (non-hydrogen) atoms. The molecule has 1 aromatic carbocycles. The number of nitrogens with one attached hydrogen (secondary N) is 1. The number of rotatable bonds is 2. The molecule has 68 valence electrons. The van der Waals surface area contributed by atoms with E-state index in [2.05, 4.69) is 5.32 Å². The Balaban J connectivity index is 2.70. The monoisotopic (exact) mass is 179 g/mol. The smallest absolute Gasteiger partial charge is 0.291 e. The number of hydrogen-bond acceptors (Lipinski definition) is 3. The number of aromatic hydroxyl groups is 1. The fourth-order valence-corrected chi connectivity index (χ4v) is 0.764. The minimum atomic E-state index is -0.661. The summed E-state index contributed by atoms with van der Waals surface area (Å²) in [5.74, 6) is -1.10. The topological polar surface area (TPSA) is 66.4 Å². The number of phenols is 1. The van der Waals surface area contributed by atoms with E-state index >= 15 is 0 Å². The van der Waals surface area contributed by atoms with Crippen molar-refractivity contribution in [3.63, 3.8) is 0 Å². The molecule has 0 aliphatic carbocycles. The minimum absolute atomic E-state index is 0.112. The van der Waals surface area contributed by atoms with Crippen molar-refractivity contribution in [2.45, 2.75) is 6.92 Å². The highest BCUT2D eigenvalue weighted by Gasteiger charge is 2.06. The number of anilines is 1. The van der Waals surface area contributed by atoms with E-state index in [9.17, 15) is 9.59 Å². The van der Waals surface area contributed by atoms with Crippen molar-refractivity contribution in [1.82, 2.24) is 0 Å². The van der Waals surface area contributed by atoms with Crippen molar-refractivity contribution in [3.05, 3.63) is 24.3 Å². The standard InChI is InChI=1S/C9H9NO3/c1-6(11)9(13)10-7-2-4-8(12)5-3-7/h2-5,12H,1H3,(H,10,13). The molecule has 0 bridgehead atoms. The molecule has 0 atom stereocenters. The van der Waals surface area contributed by atoms with Crippen LogP contribution in [0.15, 0.2) is 24.3 Å². The van der Waals surface area contributed by atoms with Crippen LogP contribution in [0.5, 0.6) is 5.75 Å². The van der Waals surface area contributed by atoms with Crippen LogP contribution in [0, 0.1) is 0 Å². The Morgan fingerprint density at radius 3 is 2.23 bits per heavy atom. The van der Waals surface area contributed by atoms with Gasteiger partial charge in [0.25, 0.3) is 5.91 Å². The quantitative estimate of drug-likeness (QED) is 0.524. The van der Waals surface area contributed by atoms with Gasteiger partial charge in [-0.05, 0) is 24.3 Å². The lowest BCUT2D eigenvalue weighted by Crippen LogP contribution is -2.19. The highest BCUT2D eigenvalue weighted by atomic mass is 16.3. The number of carbonyl (C=O) groups excluding carboxylic acids is 2. The van der Waals surface area contributed by atoms with Gasteiger partial charge in [0.2, 0.25) is 5.78 Å². The minimum Gasteiger partial charge on any atom is -0.508 e. The summed E-state index contributed by atoms with van der Waals surface area (Å²) in [5.41, 5.74) is 0.484. The molecule has 1 rings (SSSR count). The van der Waals surface area contributed by atoms with Gasteiger partial charge in [0.05, 0.1) is 0 Å². The first kappa shape index (κ1) is 9.25. The lowest BCUT2D eigenvalue weighted by molar-refractivity contribution is -0.133. The molecule has 0 heterocycles. The number of phenolic OH excluding ortho intramolecular Hbond substituents is 1. The zero-order valence-electron chi connectivity index (χ0n) is 7.07. The summed E-state index contributed by atoms with van der Waals surface area (Å²) in [7, 11) is 0. The van der Waals surface area contributed by atoms with Crippen molar-refractivity contribution in [2.75, 3.05) is 5.32 Å². The van der Waals surface area contributed by atoms with Gasteiger partial charge in [0.15, 0.2) is 0 Å². The lowest BCUT2D eigenvalue weighted by Gasteiger charge is -2.01. The summed E-state index contributed by atoms with van der Waals surface area (Å²) in [6.45, 7) is 1.19. The molecule has 1 aromatic rings. The number of Topliss-reactive ketones (excluding diaryl/α,β-unsaturated/α-hetero) is 1. The molecular formula is C9H9NO3. The zero-order chi connectivity index (χ0) is 9.84. The van der Waals surface area contributed by atoms with Crippen LogP contribution in [-0.4, -0.2) is 16.8 Å². The van der Waals surface area contributed by atoms with Crippen molar-refractivity contribution in [2.24, 2.45) is 0 Å². The number of benzene rings is 1. The average molecular weight is 179 g/mol. The normalized spacial score (nSPS) is 9.31. The molecule has 0 spiro atoms. The lowest BCUT2D eigenvalue weighted by atomic mass is 10.3. The Morgan fingerprint density at radius 1 is 1.23 bits per heavy atom. The fraction of sp³-hybridized carbons (Fsp3) is 0.111. The average Bonchev–Trinajstić information content (AvgIpc) is 2.08. The van der Waals surface area contributed by atoms with E-state index in [1.165, 1.54) is 31.2 Å². The molecule has 4 nitrogen and oxygen atoms in total. The molecule has 0 saturated heterocycles. The van der Waals surface area contributed by atoms with E-state index < -0.39 is 11.7 Å². The summed E-state index contributed by atoms with van der Waals surface area (Å²) in [6, 6.07) is 5.87. The van der Waals surface area contributed by atoms with Gasteiger partial charge in [-0.15, -0.1) is 0 Å². The van der Waals surface area contributed by atoms with Gasteiger partial charge in [-0.3, -0.25) is 9.59 Å². The molecule has 0 aliphatic rings. The molecule has 4 heteroatoms. The maximum Gasteiger partial charge on any atom is 0.291 e. The number of carbonyl (C=O) groups is 2. The van der Waals surface area contributed by atoms with Gasteiger partial charge in [-0.25, -0.2) is 0 Å². The van der Waals surface area contributed by atoms with Gasteiger partial charge in [0.1, 0.15) is 5.75 Å². The van der Waals surface area contributed by atoms with Crippen LogP contribution in [0.25, 0.3) is 0 Å². The maximum absolute atomic E-state index is 10.9. The number of amides is 1. The third-order valence-electron chi connectivity index (χ3n) is 1.44. The Morgan fingerprint density at radius 2 is 1.77 bits per heavy atom. The summed E-state index contributed by atoms with van der Waals surface area (Å²) >= 11 is 0. The maximum atomic E-state index is 10.9. The highest BCUT2D eigenvalue weighted by Crippen LogP contribution is 2.13. The molecule has 1 amide bonds. The third-order valence-corrected chi connectivity index (χ3v) is 1.44. The Bertz CT molecular complexity index is 329. The zero-order valence-corrected chi connectivity index (χ0v) is 7.07. The molecule has 0 radical (unpaired) electrons. The van der Waals surface area contributed by atoms with E-state index in [1.807, 2.05) is 0 Å². The number of hydrogen-bond donors (Lipinski definition) is 2. The first-order valence-electron chi connectivity index (χ1n) is 3.70. The molecule has 0 unspecified atom stereocenters. The van der Waals surface area contributed by atoms with E-state index in [0.717, 1.165) is 0 Å². The first-order valence-corrected chi connectivity index (χ1v) is 3.70. The van der Waals surface area contributed by atoms with Crippen LogP contribution in [0.1, 0.15) is 6.92 Å². The number of ketones is 1. The molecule has 0 aromatic heterocycles. The van der Waals surface area contributed by atoms with Crippen LogP contribution in [0.2, 0.25) is 0 Å². The molecule has 0 fully saturated rings. The Hall–Kier alpha value is -1.84. The summed E-state index contributed by atoms with van der Waals surface area (Å²) < 4.78 is 0. The van der Waals surface area contributed by atoms with E-state index in [-0.39, 0.29) is 5.75 Å². The van der Waals surface area contributed by atoms with Crippen molar-refractivity contribution in [3.8, 4) is 5.75 Å². The second-order valence-corrected chi connectivity index (χ2v) is 2.56. The highest BCUT2D eigenvalue weighted by molar-refractivity contribution is 6.39. The van der Waals surface area contributed by atoms with Gasteiger partial charge in [0, 0.05) is 12.6 Å². The van der Waals surface area contributed by atoms with Crippen LogP contribution in [0.3, 0.4) is 0 Å². The van der Waals surface area contributed by atoms with E-state index in [0.29, 0.717) is 5.69 Å². The largest absolute Gasteiger partial charge is 0.508 e. The van der Waals surface area contributed by atoms with Gasteiger partial charge < -0.3 is 10.4 Å². The summed E-state index contributed by atoms with van der Waals surface area (Å²) in [4.78, 5) is 21.4. The van der Waals surface area contributed by atoms with Gasteiger partial charge >= 0.3 is 0 Å². The van der Waals surface area contributed by atoms with Crippen LogP contribution < -0.4 is 5.32 Å². The Labute approximate surface area is 75.2 Å². The van der Waals surface area contributed by atoms with E-state index in [1.54, 1.807) is 0 Å². The van der Waals surface area contributed by atoms with Gasteiger partial charge in [-0.2, -0.15) is 0 Å². The third kappa shape index (κ3) is 2.59. The SMILES string of the molecule is CC(=O)C(=O)Nc1ccc(O)cc1. The van der Waals surface area contributed by atoms with Crippen molar-refractivity contribution in [1.29, 1.82) is 0 Å². The van der Waals surface area contributed by atoms with E-state index in [4.69, 9.17) is 5.11 Å². The second kappa shape index (κ2) is 3.71. The first-order chi connectivity index (χ1) is 6.09. The van der Waals surface area contributed by atoms with Crippen molar-refractivity contribution < 1.29 is 14.7 Å². The molecule has 0 aliphatic heterocycles. The van der Waals surface area contributed by atoms with Crippen LogP contribution in [-0.2, 0) is 9.59 Å². The fourth-order valence-electron chi connectivity index (χ4n) is 0.764. The van der Waals surface area contributed by atoms with Crippen LogP contribution >= 0.6 is 0 Å². The molecular weight excluding hydrogens is 170 g/mol.